The second kappa shape index (κ2) is 33.9. The van der Waals surface area contributed by atoms with Crippen molar-refractivity contribution in [3.05, 3.63) is 260 Å². The van der Waals surface area contributed by atoms with E-state index in [1.54, 1.807) is 119 Å². The molecule has 14 heterocycles. The lowest BCUT2D eigenvalue weighted by molar-refractivity contribution is -0.0718. The maximum atomic E-state index is 14.0. The van der Waals surface area contributed by atoms with Crippen LogP contribution in [0.1, 0.15) is 78.2 Å². The van der Waals surface area contributed by atoms with Crippen LogP contribution in [-0.2, 0) is 21.3 Å². The zero-order valence-corrected chi connectivity index (χ0v) is 69.2. The van der Waals surface area contributed by atoms with Gasteiger partial charge in [-0.05, 0) is 148 Å². The van der Waals surface area contributed by atoms with Crippen LogP contribution < -0.4 is 36.8 Å². The molecule has 13 aromatic heterocycles. The van der Waals surface area contributed by atoms with Crippen LogP contribution in [0.2, 0.25) is 0 Å². The number of aromatic amines is 3. The fraction of sp³-hybridized carbons (Fsp3) is 0.174. The lowest BCUT2D eigenvalue weighted by Gasteiger charge is -2.34. The van der Waals surface area contributed by atoms with E-state index in [0.717, 1.165) is 90.9 Å². The first kappa shape index (κ1) is 80.7. The van der Waals surface area contributed by atoms with Crippen LogP contribution in [0, 0.1) is 25.5 Å². The van der Waals surface area contributed by atoms with Gasteiger partial charge in [-0.25, -0.2) is 62.1 Å². The number of pyridine rings is 1. The van der Waals surface area contributed by atoms with Crippen molar-refractivity contribution in [3.8, 4) is 61.7 Å². The Hall–Kier alpha value is -14.7. The van der Waals surface area contributed by atoms with Gasteiger partial charge in [-0.1, -0.05) is 42.5 Å². The Labute approximate surface area is 704 Å². The molecule has 8 N–H and O–H groups in total. The number of rotatable bonds is 17. The highest BCUT2D eigenvalue weighted by atomic mass is 32.2. The summed E-state index contributed by atoms with van der Waals surface area (Å²) in [5, 5.41) is 27.1. The van der Waals surface area contributed by atoms with Gasteiger partial charge < -0.3 is 48.6 Å². The van der Waals surface area contributed by atoms with Gasteiger partial charge in [0, 0.05) is 63.7 Å². The monoisotopic (exact) mass is 1710 g/mol. The van der Waals surface area contributed by atoms with Gasteiger partial charge in [0.25, 0.3) is 11.5 Å². The first-order chi connectivity index (χ1) is 59.4. The average Bonchev–Trinajstić information content (AvgIpc) is 1.58. The summed E-state index contributed by atoms with van der Waals surface area (Å²) in [6.07, 6.45) is 15.9. The predicted molar refractivity (Wildman–Crippen MR) is 466 cm³/mol. The van der Waals surface area contributed by atoms with Crippen LogP contribution in [0.25, 0.3) is 127 Å². The number of amides is 1. The number of thiazole rings is 2. The molecule has 1 amide bonds. The summed E-state index contributed by atoms with van der Waals surface area (Å²) >= 11 is 2.83. The SMILES string of the molecule is CC(c1oc2ccccc2c(=O)c1-c1cccc(F)c1)n1cnc2c(N)ncnc21.COc1ccc(-c2cc(-c3ncc(CN4C[C@@H](C)O[C@@H](C)C4)o3)c3cn[nH]c3c2)cc1NS(C)(=O)=O.Cc1csc2nc([C@H](C)Nc3ncnc4nc[nH]c34)c(-c3cccc(F)c3)c(=O)n12.Cc1nc(C(=O)Nc2cc(-c3cnc4ccoc4c3)cc3[nH]ncc23)cs1. The average molecular weight is 1710 g/mol. The molecule has 19 aromatic rings. The highest BCUT2D eigenvalue weighted by Crippen LogP contribution is 2.40. The van der Waals surface area contributed by atoms with Gasteiger partial charge in [0.05, 0.1) is 131 Å². The van der Waals surface area contributed by atoms with Crippen LogP contribution in [0.3, 0.4) is 0 Å². The van der Waals surface area contributed by atoms with Crippen molar-refractivity contribution in [2.75, 3.05) is 47.5 Å². The third-order valence-corrected chi connectivity index (χ3v) is 22.6. The van der Waals surface area contributed by atoms with Gasteiger partial charge in [-0.2, -0.15) is 10.2 Å². The van der Waals surface area contributed by atoms with Crippen molar-refractivity contribution in [1.29, 1.82) is 0 Å². The van der Waals surface area contributed by atoms with Crippen molar-refractivity contribution < 1.29 is 44.7 Å². The number of aryl methyl sites for hydroxylation is 2. The number of nitrogens with zero attached hydrogens (tertiary/aromatic N) is 15. The normalized spacial score (nSPS) is 14.1. The molecule has 32 nitrogen and oxygen atoms in total. The highest BCUT2D eigenvalue weighted by molar-refractivity contribution is 7.92. The fourth-order valence-corrected chi connectivity index (χ4v) is 16.8. The number of ether oxygens (including phenoxy) is 2. The first-order valence-electron chi connectivity index (χ1n) is 38.3. The predicted octanol–water partition coefficient (Wildman–Crippen LogP) is 15.9. The molecule has 0 bridgehead atoms. The van der Waals surface area contributed by atoms with E-state index < -0.39 is 33.7 Å². The zero-order chi connectivity index (χ0) is 85.5. The molecule has 620 valence electrons. The standard InChI is InChI=1S/C25H29N5O5S.C22H16FN5O2.C20H16FN7OS.C19H13N5O2S/c1-15-12-30(13-16(2)34-15)14-19-10-26-25(35-19)20-7-18(9-22-21(20)11-27-28-22)17-5-6-24(33-3)23(8-17)29-36(4,31)32;1-12(28-11-27-18-21(24)25-10-26-22(18)28)20-17(13-5-4-6-14(23)9-13)19(29)15-7-2-3-8-16(15)30-20;1-10-7-30-20-27-15(11(2)26-18-16-17(23-8-22-16)24-9-25-18)14(19(29)28(10)20)12-4-3-5-13(21)6-12;1-10-22-17(9-27-10)19(25)23-15-4-11(5-16-13(15)8-21-24-16)12-6-18-14(20-7-12)2-3-26-18/h5-11,15-16,29H,12-14H2,1-4H3,(H,27,28);2-12H,1H3,(H2,24,25,26);3-9,11H,1-2H3,(H2,22,23,24,25,26);2-9H,1H3,(H,21,24)(H,23,25)/t15-,16+;;11-;/m..0./s1. The maximum absolute atomic E-state index is 14.0. The number of methoxy groups -OCH3 is 1. The Morgan fingerprint density at radius 1 is 0.707 bits per heavy atom. The number of aromatic nitrogens is 17. The van der Waals surface area contributed by atoms with Gasteiger partial charge in [-0.15, -0.1) is 22.7 Å². The number of para-hydroxylation sites is 1. The van der Waals surface area contributed by atoms with Gasteiger partial charge in [0.15, 0.2) is 33.5 Å². The molecule has 1 unspecified atom stereocenters. The van der Waals surface area contributed by atoms with E-state index >= 15 is 0 Å². The lowest BCUT2D eigenvalue weighted by Crippen LogP contribution is -2.44. The van der Waals surface area contributed by atoms with E-state index in [1.807, 2.05) is 75.5 Å². The topological polar surface area (TPSA) is 420 Å². The maximum Gasteiger partial charge on any atom is 0.275 e. The second-order valence-electron chi connectivity index (χ2n) is 29.1. The third kappa shape index (κ3) is 16.9. The Kier molecular flexibility index (Phi) is 22.2. The van der Waals surface area contributed by atoms with Gasteiger partial charge in [-0.3, -0.25) is 43.6 Å². The molecule has 6 aromatic carbocycles. The molecule has 20 rings (SSSR count). The molecule has 37 heteroatoms. The summed E-state index contributed by atoms with van der Waals surface area (Å²) < 4.78 is 86.5. The van der Waals surface area contributed by atoms with Gasteiger partial charge in [0.1, 0.15) is 69.4 Å². The van der Waals surface area contributed by atoms with Crippen LogP contribution in [0.4, 0.5) is 31.8 Å². The number of benzene rings is 6. The number of H-pyrrole nitrogens is 3. The number of hydrogen-bond donors (Lipinski definition) is 7. The van der Waals surface area contributed by atoms with E-state index in [0.29, 0.717) is 119 Å². The second-order valence-corrected chi connectivity index (χ2v) is 32.8. The molecule has 1 fully saturated rings. The third-order valence-electron chi connectivity index (χ3n) is 20.3. The number of nitrogens with two attached hydrogens (primary N) is 1. The number of imidazole rings is 2. The van der Waals surface area contributed by atoms with Crippen LogP contribution in [0.15, 0.2) is 217 Å². The Balaban J connectivity index is 0.000000117. The number of anilines is 4. The number of morpholine rings is 1. The molecule has 1 saturated heterocycles. The minimum atomic E-state index is -3.49. The van der Waals surface area contributed by atoms with Gasteiger partial charge in [0.2, 0.25) is 21.3 Å². The number of oxazole rings is 1. The number of carbonyl (C=O) groups is 1. The van der Waals surface area contributed by atoms with E-state index in [9.17, 15) is 31.6 Å². The molecule has 0 aliphatic carbocycles. The summed E-state index contributed by atoms with van der Waals surface area (Å²) in [5.74, 6) is 1.77. The molecular formula is C86H74F2N22O10S3. The number of furan rings is 1. The first-order valence-corrected chi connectivity index (χ1v) is 42.0. The summed E-state index contributed by atoms with van der Waals surface area (Å²) in [4.78, 5) is 88.3. The molecule has 0 radical (unpaired) electrons. The van der Waals surface area contributed by atoms with E-state index in [-0.39, 0.29) is 34.9 Å². The number of nitrogens with one attached hydrogen (secondary N) is 6. The molecule has 0 saturated carbocycles. The lowest BCUT2D eigenvalue weighted by atomic mass is 9.99. The number of nitrogen functional groups attached to an aromatic ring is 1. The van der Waals surface area contributed by atoms with Crippen molar-refractivity contribution in [2.45, 2.75) is 72.4 Å². The number of carbonyl (C=O) groups excluding carboxylic acids is 1. The van der Waals surface area contributed by atoms with Crippen LogP contribution in [0.5, 0.6) is 5.75 Å². The summed E-state index contributed by atoms with van der Waals surface area (Å²) in [5.41, 5.74) is 19.7. The molecule has 1 aliphatic rings. The molecule has 1 aliphatic heterocycles. The minimum Gasteiger partial charge on any atom is -0.495 e. The molecule has 0 spiro atoms. The van der Waals surface area contributed by atoms with Crippen molar-refractivity contribution in [2.24, 2.45) is 0 Å². The summed E-state index contributed by atoms with van der Waals surface area (Å²) in [7, 11) is -1.99. The van der Waals surface area contributed by atoms with E-state index in [2.05, 4.69) is 104 Å². The number of sulfonamides is 1. The van der Waals surface area contributed by atoms with E-state index in [4.69, 9.17) is 33.4 Å². The zero-order valence-electron chi connectivity index (χ0n) is 66.8. The van der Waals surface area contributed by atoms with Crippen LogP contribution >= 0.6 is 22.7 Å². The minimum absolute atomic E-state index is 0.171. The molecule has 123 heavy (non-hydrogen) atoms. The molecule has 4 atom stereocenters. The van der Waals surface area contributed by atoms with Gasteiger partial charge >= 0.3 is 0 Å². The highest BCUT2D eigenvalue weighted by Gasteiger charge is 2.29. The Morgan fingerprint density at radius 3 is 2.19 bits per heavy atom. The van der Waals surface area contributed by atoms with E-state index in [1.165, 1.54) is 66.7 Å². The van der Waals surface area contributed by atoms with Crippen LogP contribution in [-0.4, -0.2) is 142 Å². The number of hydrogen-bond acceptors (Lipinski definition) is 27. The largest absolute Gasteiger partial charge is 0.495 e. The summed E-state index contributed by atoms with van der Waals surface area (Å²) in [6, 6.07) is 34.9. The number of fused-ring (bicyclic) bond motifs is 7. The number of halogens is 2. The van der Waals surface area contributed by atoms with Crippen molar-refractivity contribution in [1.82, 2.24) is 89.1 Å². The molecular weight excluding hydrogens is 1640 g/mol. The van der Waals surface area contributed by atoms with Crippen molar-refractivity contribution >= 4 is 133 Å². The fourth-order valence-electron chi connectivity index (χ4n) is 14.8. The quantitative estimate of drug-likeness (QED) is 0.0445. The summed E-state index contributed by atoms with van der Waals surface area (Å²) in [6.45, 7) is 13.9. The Bertz CT molecular complexity index is 7470. The smallest absolute Gasteiger partial charge is 0.275 e. The Morgan fingerprint density at radius 2 is 1.44 bits per heavy atom. The van der Waals surface area contributed by atoms with Crippen molar-refractivity contribution in [3.63, 3.8) is 0 Å².